The van der Waals surface area contributed by atoms with Crippen LogP contribution in [-0.4, -0.2) is 35.8 Å². The number of aliphatic hydroxyl groups is 1. The Morgan fingerprint density at radius 1 is 1.33 bits per heavy atom. The number of hydrogen-bond acceptors (Lipinski definition) is 3. The van der Waals surface area contributed by atoms with Crippen molar-refractivity contribution in [1.29, 1.82) is 0 Å². The van der Waals surface area contributed by atoms with Gasteiger partial charge in [0.05, 0.1) is 0 Å². The molecule has 1 rings (SSSR count). The largest absolute Gasteiger partial charge is 0.396 e. The molecule has 1 unspecified atom stereocenters. The van der Waals surface area contributed by atoms with Crippen LogP contribution in [0.4, 0.5) is 0 Å². The zero-order chi connectivity index (χ0) is 8.65. The molecule has 0 aromatic heterocycles. The number of aliphatic hydroxyl groups excluding tert-OH is 1. The van der Waals surface area contributed by atoms with Crippen molar-refractivity contribution in [2.45, 2.75) is 30.9 Å². The molecule has 2 N–H and O–H groups in total. The standard InChI is InChI=1S/C9H19NOS/c11-6-3-1-2-4-9-8-10-5-7-12-9/h9-11H,1-8H2. The van der Waals surface area contributed by atoms with Crippen LogP contribution in [0.5, 0.6) is 0 Å². The third-order valence-electron chi connectivity index (χ3n) is 2.19. The summed E-state index contributed by atoms with van der Waals surface area (Å²) in [5.41, 5.74) is 0. The molecule has 1 atom stereocenters. The molecule has 1 heterocycles. The van der Waals surface area contributed by atoms with E-state index >= 15 is 0 Å². The summed E-state index contributed by atoms with van der Waals surface area (Å²) in [5.74, 6) is 1.27. The quantitative estimate of drug-likeness (QED) is 0.638. The third kappa shape index (κ3) is 4.33. The second-order valence-electron chi connectivity index (χ2n) is 3.27. The number of unbranched alkanes of at least 4 members (excludes halogenated alkanes) is 2. The van der Waals surface area contributed by atoms with Crippen molar-refractivity contribution in [3.05, 3.63) is 0 Å². The molecule has 1 saturated heterocycles. The fourth-order valence-electron chi connectivity index (χ4n) is 1.47. The molecule has 0 aliphatic carbocycles. The Kier molecular flexibility index (Phi) is 5.82. The highest BCUT2D eigenvalue weighted by atomic mass is 32.2. The highest BCUT2D eigenvalue weighted by molar-refractivity contribution is 8.00. The Morgan fingerprint density at radius 2 is 2.25 bits per heavy atom. The summed E-state index contributed by atoms with van der Waals surface area (Å²) in [6, 6.07) is 0. The molecule has 12 heavy (non-hydrogen) atoms. The predicted octanol–water partition coefficient (Wildman–Crippen LogP) is 1.24. The van der Waals surface area contributed by atoms with Gasteiger partial charge in [0.25, 0.3) is 0 Å². The molecule has 1 fully saturated rings. The van der Waals surface area contributed by atoms with Crippen LogP contribution < -0.4 is 5.32 Å². The summed E-state index contributed by atoms with van der Waals surface area (Å²) >= 11 is 2.10. The zero-order valence-corrected chi connectivity index (χ0v) is 8.41. The number of rotatable bonds is 5. The molecule has 1 aliphatic heterocycles. The highest BCUT2D eigenvalue weighted by Gasteiger charge is 2.11. The van der Waals surface area contributed by atoms with Crippen molar-refractivity contribution in [3.8, 4) is 0 Å². The SMILES string of the molecule is OCCCCCC1CNCCS1. The fourth-order valence-corrected chi connectivity index (χ4v) is 2.63. The highest BCUT2D eigenvalue weighted by Crippen LogP contribution is 2.19. The normalized spacial score (nSPS) is 24.2. The third-order valence-corrected chi connectivity index (χ3v) is 3.50. The van der Waals surface area contributed by atoms with E-state index in [0.717, 1.165) is 11.7 Å². The van der Waals surface area contributed by atoms with E-state index in [2.05, 4.69) is 17.1 Å². The summed E-state index contributed by atoms with van der Waals surface area (Å²) in [5, 5.41) is 12.8. The second-order valence-corrected chi connectivity index (χ2v) is 4.68. The molecule has 3 heteroatoms. The van der Waals surface area contributed by atoms with Crippen LogP contribution in [0.1, 0.15) is 25.7 Å². The monoisotopic (exact) mass is 189 g/mol. The van der Waals surface area contributed by atoms with Crippen LogP contribution in [0.15, 0.2) is 0 Å². The predicted molar refractivity (Wildman–Crippen MR) is 54.7 cm³/mol. The van der Waals surface area contributed by atoms with Gasteiger partial charge in [0.15, 0.2) is 0 Å². The molecule has 0 aromatic rings. The van der Waals surface area contributed by atoms with Crippen molar-refractivity contribution in [2.24, 2.45) is 0 Å². The molecule has 1 aliphatic rings. The molecule has 0 saturated carbocycles. The molecule has 0 amide bonds. The number of hydrogen-bond donors (Lipinski definition) is 2. The molecule has 72 valence electrons. The van der Waals surface area contributed by atoms with Gasteiger partial charge < -0.3 is 10.4 Å². The van der Waals surface area contributed by atoms with E-state index in [4.69, 9.17) is 5.11 Å². The van der Waals surface area contributed by atoms with E-state index in [1.807, 2.05) is 0 Å². The second kappa shape index (κ2) is 6.75. The first-order valence-corrected chi connectivity index (χ1v) is 5.91. The first-order valence-electron chi connectivity index (χ1n) is 4.86. The lowest BCUT2D eigenvalue weighted by Gasteiger charge is -2.21. The van der Waals surface area contributed by atoms with Crippen LogP contribution in [0.3, 0.4) is 0 Å². The van der Waals surface area contributed by atoms with Gasteiger partial charge >= 0.3 is 0 Å². The van der Waals surface area contributed by atoms with E-state index in [-0.39, 0.29) is 0 Å². The van der Waals surface area contributed by atoms with Gasteiger partial charge in [-0.3, -0.25) is 0 Å². The minimum absolute atomic E-state index is 0.357. The van der Waals surface area contributed by atoms with Crippen molar-refractivity contribution in [2.75, 3.05) is 25.4 Å². The van der Waals surface area contributed by atoms with Gasteiger partial charge in [0, 0.05) is 30.7 Å². The zero-order valence-electron chi connectivity index (χ0n) is 7.59. The smallest absolute Gasteiger partial charge is 0.0431 e. The Bertz CT molecular complexity index is 105. The van der Waals surface area contributed by atoms with Crippen LogP contribution >= 0.6 is 11.8 Å². The van der Waals surface area contributed by atoms with Crippen LogP contribution in [0.2, 0.25) is 0 Å². The Balaban J connectivity index is 1.91. The van der Waals surface area contributed by atoms with Gasteiger partial charge in [-0.05, 0) is 12.8 Å². The van der Waals surface area contributed by atoms with Crippen molar-refractivity contribution >= 4 is 11.8 Å². The maximum Gasteiger partial charge on any atom is 0.0431 e. The first-order chi connectivity index (χ1) is 5.93. The van der Waals surface area contributed by atoms with Crippen LogP contribution in [0.25, 0.3) is 0 Å². The maximum atomic E-state index is 8.59. The summed E-state index contributed by atoms with van der Waals surface area (Å²) in [6.07, 6.45) is 4.76. The minimum Gasteiger partial charge on any atom is -0.396 e. The van der Waals surface area contributed by atoms with Gasteiger partial charge in [-0.15, -0.1) is 0 Å². The summed E-state index contributed by atoms with van der Waals surface area (Å²) < 4.78 is 0. The molecular weight excluding hydrogens is 170 g/mol. The van der Waals surface area contributed by atoms with E-state index in [1.54, 1.807) is 0 Å². The topological polar surface area (TPSA) is 32.3 Å². The Labute approximate surface area is 79.1 Å². The van der Waals surface area contributed by atoms with Crippen molar-refractivity contribution < 1.29 is 5.11 Å². The Hall–Kier alpha value is 0.270. The average Bonchev–Trinajstić information content (AvgIpc) is 2.14. The lowest BCUT2D eigenvalue weighted by Crippen LogP contribution is -2.32. The van der Waals surface area contributed by atoms with Crippen LogP contribution in [0, 0.1) is 0 Å². The number of thioether (sulfide) groups is 1. The maximum absolute atomic E-state index is 8.59. The van der Waals surface area contributed by atoms with Gasteiger partial charge in [0.1, 0.15) is 0 Å². The molecule has 2 nitrogen and oxygen atoms in total. The lowest BCUT2D eigenvalue weighted by atomic mass is 10.1. The van der Waals surface area contributed by atoms with E-state index in [1.165, 1.54) is 38.1 Å². The van der Waals surface area contributed by atoms with Crippen LogP contribution in [-0.2, 0) is 0 Å². The van der Waals surface area contributed by atoms with Crippen molar-refractivity contribution in [3.63, 3.8) is 0 Å². The molecule has 0 spiro atoms. The summed E-state index contributed by atoms with van der Waals surface area (Å²) in [6.45, 7) is 2.72. The summed E-state index contributed by atoms with van der Waals surface area (Å²) in [4.78, 5) is 0. The molecule has 0 aromatic carbocycles. The lowest BCUT2D eigenvalue weighted by molar-refractivity contribution is 0.282. The average molecular weight is 189 g/mol. The number of nitrogens with one attached hydrogen (secondary N) is 1. The summed E-state index contributed by atoms with van der Waals surface area (Å²) in [7, 11) is 0. The van der Waals surface area contributed by atoms with E-state index in [9.17, 15) is 0 Å². The van der Waals surface area contributed by atoms with E-state index in [0.29, 0.717) is 6.61 Å². The van der Waals surface area contributed by atoms with Gasteiger partial charge in [-0.2, -0.15) is 11.8 Å². The van der Waals surface area contributed by atoms with E-state index < -0.39 is 0 Å². The van der Waals surface area contributed by atoms with Crippen molar-refractivity contribution in [1.82, 2.24) is 5.32 Å². The molecule has 0 bridgehead atoms. The minimum atomic E-state index is 0.357. The Morgan fingerprint density at radius 3 is 2.92 bits per heavy atom. The van der Waals surface area contributed by atoms with Gasteiger partial charge in [-0.1, -0.05) is 12.8 Å². The fraction of sp³-hybridized carbons (Fsp3) is 1.00. The molecule has 0 radical (unpaired) electrons. The van der Waals surface area contributed by atoms with Gasteiger partial charge in [0.2, 0.25) is 0 Å². The van der Waals surface area contributed by atoms with Gasteiger partial charge in [-0.25, -0.2) is 0 Å². The molecular formula is C9H19NOS. The first kappa shape index (κ1) is 10.4.